The number of carbonyl (C=O) groups excluding carboxylic acids is 1. The van der Waals surface area contributed by atoms with Gasteiger partial charge in [-0.05, 0) is 13.2 Å². The zero-order valence-electron chi connectivity index (χ0n) is 9.73. The van der Waals surface area contributed by atoms with E-state index in [9.17, 15) is 4.79 Å². The zero-order chi connectivity index (χ0) is 11.3. The van der Waals surface area contributed by atoms with Crippen molar-refractivity contribution in [3.05, 3.63) is 0 Å². The molecule has 0 N–H and O–H groups in total. The molecule has 2 amide bonds. The molecule has 4 nitrogen and oxygen atoms in total. The predicted molar refractivity (Wildman–Crippen MR) is 63.4 cm³/mol. The Balaban J connectivity index is 2.43. The molecule has 0 spiro atoms. The molecule has 15 heavy (non-hydrogen) atoms. The van der Waals surface area contributed by atoms with Crippen molar-refractivity contribution in [2.24, 2.45) is 0 Å². The number of nitrogens with zero attached hydrogens (tertiary/aromatic N) is 2. The van der Waals surface area contributed by atoms with Gasteiger partial charge in [-0.3, -0.25) is 0 Å². The van der Waals surface area contributed by atoms with Crippen LogP contribution >= 0.6 is 11.8 Å². The standard InChI is InChI=1S/C10H20N2O2S/c1-9(8-15-3)11(2)10(13)12-4-6-14-7-5-12/h9H,4-8H2,1-3H3. The molecule has 1 aliphatic rings. The van der Waals surface area contributed by atoms with Gasteiger partial charge in [0.15, 0.2) is 0 Å². The molecule has 1 aliphatic heterocycles. The van der Waals surface area contributed by atoms with E-state index in [1.165, 1.54) is 0 Å². The maximum Gasteiger partial charge on any atom is 0.320 e. The summed E-state index contributed by atoms with van der Waals surface area (Å²) in [6.07, 6.45) is 2.06. The Morgan fingerprint density at radius 2 is 2.13 bits per heavy atom. The van der Waals surface area contributed by atoms with Gasteiger partial charge in [-0.1, -0.05) is 0 Å². The lowest BCUT2D eigenvalue weighted by Gasteiger charge is -2.33. The molecular weight excluding hydrogens is 212 g/mol. The molecule has 0 radical (unpaired) electrons. The molecule has 0 aromatic carbocycles. The van der Waals surface area contributed by atoms with Crippen LogP contribution in [0.2, 0.25) is 0 Å². The van der Waals surface area contributed by atoms with E-state index in [0.29, 0.717) is 13.2 Å². The second-order valence-electron chi connectivity index (χ2n) is 3.80. The number of ether oxygens (including phenoxy) is 1. The van der Waals surface area contributed by atoms with Crippen LogP contribution in [-0.4, -0.2) is 67.2 Å². The van der Waals surface area contributed by atoms with Crippen molar-refractivity contribution in [2.75, 3.05) is 45.4 Å². The molecule has 1 saturated heterocycles. The second-order valence-corrected chi connectivity index (χ2v) is 4.71. The summed E-state index contributed by atoms with van der Waals surface area (Å²) in [5.41, 5.74) is 0. The smallest absolute Gasteiger partial charge is 0.320 e. The average Bonchev–Trinajstić information content (AvgIpc) is 2.28. The van der Waals surface area contributed by atoms with Crippen molar-refractivity contribution < 1.29 is 9.53 Å². The molecule has 0 saturated carbocycles. The predicted octanol–water partition coefficient (Wildman–Crippen LogP) is 1.12. The van der Waals surface area contributed by atoms with E-state index in [4.69, 9.17) is 4.74 Å². The van der Waals surface area contributed by atoms with Crippen LogP contribution in [0.15, 0.2) is 0 Å². The Hall–Kier alpha value is -0.420. The Morgan fingerprint density at radius 1 is 1.53 bits per heavy atom. The van der Waals surface area contributed by atoms with Crippen molar-refractivity contribution in [1.29, 1.82) is 0 Å². The molecule has 0 bridgehead atoms. The van der Waals surface area contributed by atoms with Crippen LogP contribution < -0.4 is 0 Å². The van der Waals surface area contributed by atoms with Crippen LogP contribution in [0, 0.1) is 0 Å². The lowest BCUT2D eigenvalue weighted by atomic mass is 10.3. The molecule has 1 heterocycles. The SMILES string of the molecule is CSCC(C)N(C)C(=O)N1CCOCC1. The summed E-state index contributed by atoms with van der Waals surface area (Å²) in [6.45, 7) is 4.84. The van der Waals surface area contributed by atoms with Gasteiger partial charge >= 0.3 is 6.03 Å². The average molecular weight is 232 g/mol. The quantitative estimate of drug-likeness (QED) is 0.731. The normalized spacial score (nSPS) is 18.7. The minimum atomic E-state index is 0.125. The number of amides is 2. The van der Waals surface area contributed by atoms with E-state index >= 15 is 0 Å². The van der Waals surface area contributed by atoms with Gasteiger partial charge in [-0.25, -0.2) is 4.79 Å². The van der Waals surface area contributed by atoms with Gasteiger partial charge in [0.25, 0.3) is 0 Å². The van der Waals surface area contributed by atoms with E-state index in [0.717, 1.165) is 18.8 Å². The van der Waals surface area contributed by atoms with Crippen molar-refractivity contribution >= 4 is 17.8 Å². The maximum atomic E-state index is 12.0. The fourth-order valence-electron chi connectivity index (χ4n) is 1.52. The minimum absolute atomic E-state index is 0.125. The number of carbonyl (C=O) groups is 1. The molecule has 1 atom stereocenters. The van der Waals surface area contributed by atoms with Gasteiger partial charge in [0, 0.05) is 31.9 Å². The van der Waals surface area contributed by atoms with Crippen LogP contribution in [0.25, 0.3) is 0 Å². The summed E-state index contributed by atoms with van der Waals surface area (Å²) < 4.78 is 5.22. The Bertz CT molecular complexity index is 208. The Kier molecular flexibility index (Phi) is 5.25. The highest BCUT2D eigenvalue weighted by Gasteiger charge is 2.22. The third kappa shape index (κ3) is 3.57. The van der Waals surface area contributed by atoms with Crippen molar-refractivity contribution in [3.8, 4) is 0 Å². The van der Waals surface area contributed by atoms with Crippen molar-refractivity contribution in [2.45, 2.75) is 13.0 Å². The molecule has 1 unspecified atom stereocenters. The van der Waals surface area contributed by atoms with E-state index < -0.39 is 0 Å². The summed E-state index contributed by atoms with van der Waals surface area (Å²) in [5.74, 6) is 0.979. The minimum Gasteiger partial charge on any atom is -0.378 e. The van der Waals surface area contributed by atoms with Gasteiger partial charge in [-0.2, -0.15) is 11.8 Å². The molecule has 0 aromatic rings. The molecule has 0 aromatic heterocycles. The maximum absolute atomic E-state index is 12.0. The highest BCUT2D eigenvalue weighted by Crippen LogP contribution is 2.08. The van der Waals surface area contributed by atoms with Gasteiger partial charge in [0.2, 0.25) is 0 Å². The first-order valence-electron chi connectivity index (χ1n) is 5.25. The molecule has 5 heteroatoms. The lowest BCUT2D eigenvalue weighted by molar-refractivity contribution is 0.0433. The number of hydrogen-bond donors (Lipinski definition) is 0. The first-order valence-corrected chi connectivity index (χ1v) is 6.64. The summed E-state index contributed by atoms with van der Waals surface area (Å²) >= 11 is 1.77. The first kappa shape index (κ1) is 12.6. The van der Waals surface area contributed by atoms with E-state index in [-0.39, 0.29) is 12.1 Å². The number of hydrogen-bond acceptors (Lipinski definition) is 3. The highest BCUT2D eigenvalue weighted by molar-refractivity contribution is 7.98. The third-order valence-electron chi connectivity index (χ3n) is 2.65. The molecular formula is C10H20N2O2S. The number of morpholine rings is 1. The van der Waals surface area contributed by atoms with Crippen LogP contribution in [0.4, 0.5) is 4.79 Å². The van der Waals surface area contributed by atoms with Crippen molar-refractivity contribution in [3.63, 3.8) is 0 Å². The van der Waals surface area contributed by atoms with E-state index in [1.54, 1.807) is 11.8 Å². The van der Waals surface area contributed by atoms with Crippen LogP contribution in [0.1, 0.15) is 6.92 Å². The zero-order valence-corrected chi connectivity index (χ0v) is 10.5. The third-order valence-corrected chi connectivity index (χ3v) is 3.47. The van der Waals surface area contributed by atoms with Gasteiger partial charge in [0.05, 0.1) is 13.2 Å². The number of urea groups is 1. The Morgan fingerprint density at radius 3 is 2.67 bits per heavy atom. The number of thioether (sulfide) groups is 1. The van der Waals surface area contributed by atoms with Gasteiger partial charge in [-0.15, -0.1) is 0 Å². The van der Waals surface area contributed by atoms with Crippen LogP contribution in [-0.2, 0) is 4.74 Å². The summed E-state index contributed by atoms with van der Waals surface area (Å²) in [5, 5.41) is 0. The Labute approximate surface area is 95.9 Å². The topological polar surface area (TPSA) is 32.8 Å². The van der Waals surface area contributed by atoms with E-state index in [1.807, 2.05) is 16.8 Å². The van der Waals surface area contributed by atoms with Crippen molar-refractivity contribution in [1.82, 2.24) is 9.80 Å². The second kappa shape index (κ2) is 6.23. The fraction of sp³-hybridized carbons (Fsp3) is 0.900. The number of rotatable bonds is 3. The summed E-state index contributed by atoms with van der Waals surface area (Å²) in [6, 6.07) is 0.412. The van der Waals surface area contributed by atoms with Crippen LogP contribution in [0.5, 0.6) is 0 Å². The van der Waals surface area contributed by atoms with Gasteiger partial charge < -0.3 is 14.5 Å². The highest BCUT2D eigenvalue weighted by atomic mass is 32.2. The molecule has 1 fully saturated rings. The largest absolute Gasteiger partial charge is 0.378 e. The first-order chi connectivity index (χ1) is 7.16. The summed E-state index contributed by atoms with van der Waals surface area (Å²) in [7, 11) is 1.87. The van der Waals surface area contributed by atoms with Crippen LogP contribution in [0.3, 0.4) is 0 Å². The van der Waals surface area contributed by atoms with E-state index in [2.05, 4.69) is 13.2 Å². The molecule has 0 aliphatic carbocycles. The monoisotopic (exact) mass is 232 g/mol. The molecule has 1 rings (SSSR count). The molecule has 88 valence electrons. The fourth-order valence-corrected chi connectivity index (χ4v) is 2.23. The summed E-state index contributed by atoms with van der Waals surface area (Å²) in [4.78, 5) is 15.7. The lowest BCUT2D eigenvalue weighted by Crippen LogP contribution is -2.49. The van der Waals surface area contributed by atoms with Gasteiger partial charge in [0.1, 0.15) is 0 Å².